The Labute approximate surface area is 212 Å². The molecular formula is C31H23FO5. The number of hydrogen-bond acceptors (Lipinski definition) is 5. The van der Waals surface area contributed by atoms with Gasteiger partial charge in [-0.1, -0.05) is 60.7 Å². The van der Waals surface area contributed by atoms with E-state index in [1.54, 1.807) is 37.3 Å². The second-order valence-corrected chi connectivity index (χ2v) is 8.53. The number of ether oxygens (including phenoxy) is 2. The number of aryl methyl sites for hydroxylation is 1. The number of benzene rings is 4. The van der Waals surface area contributed by atoms with Crippen LogP contribution in [0.3, 0.4) is 0 Å². The van der Waals surface area contributed by atoms with Crippen molar-refractivity contribution < 1.29 is 23.1 Å². The van der Waals surface area contributed by atoms with Crippen LogP contribution < -0.4 is 15.1 Å². The van der Waals surface area contributed by atoms with Gasteiger partial charge in [0, 0.05) is 28.1 Å². The van der Waals surface area contributed by atoms with Crippen LogP contribution >= 0.6 is 0 Å². The first kappa shape index (κ1) is 24.0. The predicted molar refractivity (Wildman–Crippen MR) is 140 cm³/mol. The molecule has 0 aliphatic rings. The van der Waals surface area contributed by atoms with Crippen molar-refractivity contribution in [1.82, 2.24) is 0 Å². The Kier molecular flexibility index (Phi) is 6.56. The maximum Gasteiger partial charge on any atom is 0.336 e. The molecule has 0 saturated heterocycles. The van der Waals surface area contributed by atoms with Crippen LogP contribution in [0.15, 0.2) is 106 Å². The van der Waals surface area contributed by atoms with E-state index in [9.17, 15) is 14.0 Å². The number of rotatable bonds is 7. The zero-order valence-electron chi connectivity index (χ0n) is 20.2. The standard InChI is InChI=1S/C31H23FO5/c1-19-26(16-14-23-24(18-28(33)37-30(19)23)20-9-5-3-6-10-20)36-31(21-11-7-4-8-12-21)29(34)22-13-15-27(35-2)25(32)17-22/h3-18,31H,1-2H3/t31-/m0/s1. The van der Waals surface area contributed by atoms with E-state index in [1.807, 2.05) is 42.5 Å². The average Bonchev–Trinajstić information content (AvgIpc) is 2.93. The molecule has 0 unspecified atom stereocenters. The van der Waals surface area contributed by atoms with Crippen molar-refractivity contribution in [3.8, 4) is 22.6 Å². The summed E-state index contributed by atoms with van der Waals surface area (Å²) in [6, 6.07) is 27.6. The van der Waals surface area contributed by atoms with Gasteiger partial charge >= 0.3 is 5.63 Å². The number of hydrogen-bond donors (Lipinski definition) is 0. The fourth-order valence-corrected chi connectivity index (χ4v) is 4.33. The van der Waals surface area contributed by atoms with E-state index >= 15 is 0 Å². The normalized spacial score (nSPS) is 11.8. The lowest BCUT2D eigenvalue weighted by Crippen LogP contribution is -2.20. The highest BCUT2D eigenvalue weighted by Crippen LogP contribution is 2.36. The van der Waals surface area contributed by atoms with Gasteiger partial charge in [0.15, 0.2) is 17.7 Å². The van der Waals surface area contributed by atoms with E-state index in [4.69, 9.17) is 13.9 Å². The molecule has 5 nitrogen and oxygen atoms in total. The van der Waals surface area contributed by atoms with Gasteiger partial charge in [-0.05, 0) is 48.4 Å². The highest BCUT2D eigenvalue weighted by atomic mass is 19.1. The largest absolute Gasteiger partial charge is 0.494 e. The van der Waals surface area contributed by atoms with E-state index in [-0.39, 0.29) is 11.3 Å². The molecule has 1 atom stereocenters. The van der Waals surface area contributed by atoms with Gasteiger partial charge in [0.05, 0.1) is 7.11 Å². The number of carbonyl (C=O) groups excluding carboxylic acids is 1. The lowest BCUT2D eigenvalue weighted by molar-refractivity contribution is 0.0791. The van der Waals surface area contributed by atoms with E-state index < -0.39 is 23.3 Å². The summed E-state index contributed by atoms with van der Waals surface area (Å²) in [7, 11) is 1.36. The third-order valence-corrected chi connectivity index (χ3v) is 6.22. The van der Waals surface area contributed by atoms with Crippen LogP contribution in [0, 0.1) is 12.7 Å². The molecule has 0 aliphatic heterocycles. The lowest BCUT2D eigenvalue weighted by Gasteiger charge is -2.21. The molecule has 1 aromatic heterocycles. The Morgan fingerprint density at radius 2 is 1.54 bits per heavy atom. The highest BCUT2D eigenvalue weighted by Gasteiger charge is 2.26. The summed E-state index contributed by atoms with van der Waals surface area (Å²) in [5.74, 6) is -0.649. The van der Waals surface area contributed by atoms with Gasteiger partial charge in [-0.25, -0.2) is 9.18 Å². The number of fused-ring (bicyclic) bond motifs is 1. The Balaban J connectivity index is 1.59. The number of ketones is 1. The first-order valence-corrected chi connectivity index (χ1v) is 11.7. The van der Waals surface area contributed by atoms with Crippen LogP contribution in [-0.2, 0) is 0 Å². The van der Waals surface area contributed by atoms with Crippen LogP contribution in [-0.4, -0.2) is 12.9 Å². The van der Waals surface area contributed by atoms with Crippen molar-refractivity contribution in [3.05, 3.63) is 130 Å². The minimum absolute atomic E-state index is 0.0448. The monoisotopic (exact) mass is 494 g/mol. The van der Waals surface area contributed by atoms with E-state index in [2.05, 4.69) is 0 Å². The van der Waals surface area contributed by atoms with Crippen LogP contribution in [0.5, 0.6) is 11.5 Å². The van der Waals surface area contributed by atoms with Crippen LogP contribution in [0.2, 0.25) is 0 Å². The third-order valence-electron chi connectivity index (χ3n) is 6.22. The number of methoxy groups -OCH3 is 1. The molecule has 0 fully saturated rings. The topological polar surface area (TPSA) is 65.7 Å². The first-order valence-electron chi connectivity index (χ1n) is 11.7. The van der Waals surface area contributed by atoms with Gasteiger partial charge in [-0.3, -0.25) is 4.79 Å². The van der Waals surface area contributed by atoms with Gasteiger partial charge in [-0.2, -0.15) is 0 Å². The molecule has 0 N–H and O–H groups in total. The van der Waals surface area contributed by atoms with Crippen molar-refractivity contribution in [2.24, 2.45) is 0 Å². The van der Waals surface area contributed by atoms with Gasteiger partial charge in [0.25, 0.3) is 0 Å². The zero-order chi connectivity index (χ0) is 25.9. The summed E-state index contributed by atoms with van der Waals surface area (Å²) >= 11 is 0. The molecule has 0 amide bonds. The molecule has 1 heterocycles. The second kappa shape index (κ2) is 10.1. The third kappa shape index (κ3) is 4.74. The molecule has 0 saturated carbocycles. The first-order chi connectivity index (χ1) is 18.0. The minimum Gasteiger partial charge on any atom is -0.494 e. The lowest BCUT2D eigenvalue weighted by atomic mass is 9.98. The van der Waals surface area contributed by atoms with Gasteiger partial charge in [0.1, 0.15) is 11.3 Å². The van der Waals surface area contributed by atoms with Crippen molar-refractivity contribution in [2.45, 2.75) is 13.0 Å². The number of carbonyl (C=O) groups is 1. The zero-order valence-corrected chi connectivity index (χ0v) is 20.2. The van der Waals surface area contributed by atoms with Gasteiger partial charge in [0.2, 0.25) is 5.78 Å². The van der Waals surface area contributed by atoms with Gasteiger partial charge in [-0.15, -0.1) is 0 Å². The molecular weight excluding hydrogens is 471 g/mol. The van der Waals surface area contributed by atoms with Crippen molar-refractivity contribution in [2.75, 3.05) is 7.11 Å². The van der Waals surface area contributed by atoms with Gasteiger partial charge < -0.3 is 13.9 Å². The molecule has 0 aliphatic carbocycles. The molecule has 184 valence electrons. The smallest absolute Gasteiger partial charge is 0.336 e. The van der Waals surface area contributed by atoms with Crippen LogP contribution in [0.25, 0.3) is 22.1 Å². The molecule has 4 aromatic carbocycles. The van der Waals surface area contributed by atoms with Crippen LogP contribution in [0.1, 0.15) is 27.6 Å². The summed E-state index contributed by atoms with van der Waals surface area (Å²) in [5, 5.41) is 0.746. The van der Waals surface area contributed by atoms with Crippen molar-refractivity contribution >= 4 is 16.8 Å². The van der Waals surface area contributed by atoms with Crippen LogP contribution in [0.4, 0.5) is 4.39 Å². The molecule has 0 spiro atoms. The summed E-state index contributed by atoms with van der Waals surface area (Å²) in [4.78, 5) is 26.0. The number of halogens is 1. The molecule has 5 rings (SSSR count). The Hall–Kier alpha value is -4.71. The summed E-state index contributed by atoms with van der Waals surface area (Å²) in [6.45, 7) is 1.77. The Bertz CT molecular complexity index is 1640. The molecule has 0 radical (unpaired) electrons. The second-order valence-electron chi connectivity index (χ2n) is 8.53. The predicted octanol–water partition coefficient (Wildman–Crippen LogP) is 6.92. The summed E-state index contributed by atoms with van der Waals surface area (Å²) < 4.78 is 31.2. The molecule has 5 aromatic rings. The number of Topliss-reactive ketones (excluding diaryl/α,β-unsaturated/α-hetero) is 1. The maximum atomic E-state index is 14.4. The van der Waals surface area contributed by atoms with E-state index in [1.165, 1.54) is 25.3 Å². The summed E-state index contributed by atoms with van der Waals surface area (Å²) in [5.41, 5.74) is 2.82. The Morgan fingerprint density at radius 3 is 2.22 bits per heavy atom. The summed E-state index contributed by atoms with van der Waals surface area (Å²) in [6.07, 6.45) is -1.06. The maximum absolute atomic E-state index is 14.4. The van der Waals surface area contributed by atoms with Crippen molar-refractivity contribution in [1.29, 1.82) is 0 Å². The Morgan fingerprint density at radius 1 is 0.865 bits per heavy atom. The molecule has 0 bridgehead atoms. The molecule has 37 heavy (non-hydrogen) atoms. The fourth-order valence-electron chi connectivity index (χ4n) is 4.33. The average molecular weight is 495 g/mol. The SMILES string of the molecule is COc1ccc(C(=O)[C@@H](Oc2ccc3c(-c4ccccc4)cc(=O)oc3c2C)c2ccccc2)cc1F. The quantitative estimate of drug-likeness (QED) is 0.182. The van der Waals surface area contributed by atoms with Crippen molar-refractivity contribution in [3.63, 3.8) is 0 Å². The van der Waals surface area contributed by atoms with E-state index in [0.717, 1.165) is 22.6 Å². The molecule has 6 heteroatoms. The minimum atomic E-state index is -1.06. The van der Waals surface area contributed by atoms with E-state index in [0.29, 0.717) is 22.5 Å². The fraction of sp³-hybridized carbons (Fsp3) is 0.0968. The highest BCUT2D eigenvalue weighted by molar-refractivity contribution is 6.00.